The molecule has 0 spiro atoms. The van der Waals surface area contributed by atoms with Crippen LogP contribution < -0.4 is 9.47 Å². The zero-order chi connectivity index (χ0) is 20.8. The predicted molar refractivity (Wildman–Crippen MR) is 114 cm³/mol. The zero-order valence-electron chi connectivity index (χ0n) is 17.2. The van der Waals surface area contributed by atoms with Gasteiger partial charge in [-0.05, 0) is 37.1 Å². The van der Waals surface area contributed by atoms with Crippen LogP contribution in [0.4, 0.5) is 0 Å². The predicted octanol–water partition coefficient (Wildman–Crippen LogP) is 3.53. The van der Waals surface area contributed by atoms with E-state index in [4.69, 9.17) is 21.1 Å². The molecular weight excluding hydrogens is 390 g/mol. The van der Waals surface area contributed by atoms with Gasteiger partial charge in [0.15, 0.2) is 11.5 Å². The lowest BCUT2D eigenvalue weighted by Gasteiger charge is -2.36. The third kappa shape index (κ3) is 5.19. The summed E-state index contributed by atoms with van der Waals surface area (Å²) in [6.45, 7) is 2.94. The molecule has 2 heterocycles. The number of methoxy groups -OCH3 is 2. The first-order valence-electron chi connectivity index (χ1n) is 9.84. The lowest BCUT2D eigenvalue weighted by atomic mass is 10.0. The summed E-state index contributed by atoms with van der Waals surface area (Å²) in [5.74, 6) is 0.843. The normalized spacial score (nSPS) is 15.2. The maximum atomic E-state index is 13.0. The van der Waals surface area contributed by atoms with E-state index in [1.807, 2.05) is 30.3 Å². The van der Waals surface area contributed by atoms with Crippen molar-refractivity contribution < 1.29 is 14.3 Å². The summed E-state index contributed by atoms with van der Waals surface area (Å²) in [5, 5.41) is 0.368. The van der Waals surface area contributed by atoms with Gasteiger partial charge in [-0.15, -0.1) is 0 Å². The molecule has 0 unspecified atom stereocenters. The van der Waals surface area contributed by atoms with E-state index < -0.39 is 0 Å². The minimum Gasteiger partial charge on any atom is -0.493 e. The molecule has 29 heavy (non-hydrogen) atoms. The molecule has 1 amide bonds. The van der Waals surface area contributed by atoms with Gasteiger partial charge in [-0.2, -0.15) is 0 Å². The second-order valence-electron chi connectivity index (χ2n) is 7.25. The van der Waals surface area contributed by atoms with Crippen LogP contribution in [0, 0.1) is 0 Å². The molecule has 0 aliphatic carbocycles. The topological polar surface area (TPSA) is 54.9 Å². The Balaban J connectivity index is 1.57. The van der Waals surface area contributed by atoms with Crippen LogP contribution >= 0.6 is 11.6 Å². The molecular formula is C22H28ClN3O3. The Hall–Kier alpha value is -2.31. The number of pyridine rings is 1. The van der Waals surface area contributed by atoms with E-state index in [-0.39, 0.29) is 11.9 Å². The molecule has 1 aromatic heterocycles. The van der Waals surface area contributed by atoms with E-state index in [2.05, 4.69) is 16.0 Å². The highest BCUT2D eigenvalue weighted by molar-refractivity contribution is 6.32. The van der Waals surface area contributed by atoms with Gasteiger partial charge in [-0.25, -0.2) is 0 Å². The van der Waals surface area contributed by atoms with Gasteiger partial charge < -0.3 is 19.3 Å². The molecule has 7 heteroatoms. The molecule has 0 radical (unpaired) electrons. The number of rotatable bonds is 7. The highest BCUT2D eigenvalue weighted by atomic mass is 35.5. The average molecular weight is 418 g/mol. The van der Waals surface area contributed by atoms with Gasteiger partial charge in [0.2, 0.25) is 0 Å². The number of carbonyl (C=O) groups is 1. The van der Waals surface area contributed by atoms with Gasteiger partial charge in [0.1, 0.15) is 0 Å². The molecule has 1 fully saturated rings. The third-order valence-electron chi connectivity index (χ3n) is 5.52. The van der Waals surface area contributed by atoms with Crippen molar-refractivity contribution in [3.05, 3.63) is 52.8 Å². The van der Waals surface area contributed by atoms with E-state index in [1.54, 1.807) is 12.1 Å². The summed E-state index contributed by atoms with van der Waals surface area (Å²) in [4.78, 5) is 21.7. The van der Waals surface area contributed by atoms with Crippen molar-refractivity contribution >= 4 is 17.5 Å². The maximum absolute atomic E-state index is 13.0. The van der Waals surface area contributed by atoms with Gasteiger partial charge in [0.05, 0.1) is 19.2 Å². The van der Waals surface area contributed by atoms with Gasteiger partial charge in [-0.1, -0.05) is 17.7 Å². The molecule has 1 saturated heterocycles. The first kappa shape index (κ1) is 21.4. The van der Waals surface area contributed by atoms with Crippen LogP contribution in [0.5, 0.6) is 11.5 Å². The number of halogens is 1. The minimum atomic E-state index is -0.0558. The fourth-order valence-corrected chi connectivity index (χ4v) is 4.05. The Kier molecular flexibility index (Phi) is 7.34. The Morgan fingerprint density at radius 2 is 2.00 bits per heavy atom. The Morgan fingerprint density at radius 1 is 1.24 bits per heavy atom. The van der Waals surface area contributed by atoms with Crippen molar-refractivity contribution in [3.63, 3.8) is 0 Å². The van der Waals surface area contributed by atoms with E-state index in [0.717, 1.165) is 44.6 Å². The summed E-state index contributed by atoms with van der Waals surface area (Å²) >= 11 is 6.26. The fraction of sp³-hybridized carbons (Fsp3) is 0.455. The first-order valence-corrected chi connectivity index (χ1v) is 10.2. The molecule has 156 valence electrons. The SMILES string of the molecule is COc1cc(C(=O)N(C)C2CCN(CCc3ccccn3)CC2)cc(Cl)c1OC. The van der Waals surface area contributed by atoms with Crippen molar-refractivity contribution in [1.82, 2.24) is 14.8 Å². The molecule has 0 saturated carbocycles. The fourth-order valence-electron chi connectivity index (χ4n) is 3.76. The van der Waals surface area contributed by atoms with Crippen LogP contribution in [0.15, 0.2) is 36.5 Å². The summed E-state index contributed by atoms with van der Waals surface area (Å²) in [5.41, 5.74) is 1.62. The number of amides is 1. The molecule has 1 aliphatic heterocycles. The van der Waals surface area contributed by atoms with Crippen LogP contribution in [-0.4, -0.2) is 67.6 Å². The van der Waals surface area contributed by atoms with Gasteiger partial charge >= 0.3 is 0 Å². The Labute approximate surface area is 177 Å². The molecule has 2 aromatic rings. The Bertz CT molecular complexity index is 824. The second kappa shape index (κ2) is 9.94. The zero-order valence-corrected chi connectivity index (χ0v) is 18.0. The van der Waals surface area contributed by atoms with Gasteiger partial charge in [0.25, 0.3) is 5.91 Å². The average Bonchev–Trinajstić information content (AvgIpc) is 2.77. The molecule has 3 rings (SSSR count). The van der Waals surface area contributed by atoms with Crippen molar-refractivity contribution in [3.8, 4) is 11.5 Å². The standard InChI is InChI=1S/C22H28ClN3O3/c1-25(22(27)16-14-19(23)21(29-3)20(15-16)28-2)18-8-12-26(13-9-18)11-7-17-6-4-5-10-24-17/h4-6,10,14-15,18H,7-9,11-13H2,1-3H3. The number of aromatic nitrogens is 1. The van der Waals surface area contributed by atoms with E-state index in [1.165, 1.54) is 14.2 Å². The Morgan fingerprint density at radius 3 is 2.62 bits per heavy atom. The van der Waals surface area contributed by atoms with Crippen LogP contribution in [0.3, 0.4) is 0 Å². The number of likely N-dealkylation sites (tertiary alicyclic amines) is 1. The van der Waals surface area contributed by atoms with E-state index in [9.17, 15) is 4.79 Å². The summed E-state index contributed by atoms with van der Waals surface area (Å²) in [7, 11) is 4.92. The van der Waals surface area contributed by atoms with E-state index >= 15 is 0 Å². The van der Waals surface area contributed by atoms with Gasteiger partial charge in [-0.3, -0.25) is 9.78 Å². The summed E-state index contributed by atoms with van der Waals surface area (Å²) in [6, 6.07) is 9.56. The number of nitrogens with zero attached hydrogens (tertiary/aromatic N) is 3. The highest BCUT2D eigenvalue weighted by Gasteiger charge is 2.27. The summed E-state index contributed by atoms with van der Waals surface area (Å²) < 4.78 is 10.6. The highest BCUT2D eigenvalue weighted by Crippen LogP contribution is 2.36. The number of piperidine rings is 1. The maximum Gasteiger partial charge on any atom is 0.254 e. The number of hydrogen-bond donors (Lipinski definition) is 0. The molecule has 0 atom stereocenters. The second-order valence-corrected chi connectivity index (χ2v) is 7.66. The largest absolute Gasteiger partial charge is 0.493 e. The monoisotopic (exact) mass is 417 g/mol. The van der Waals surface area contributed by atoms with Crippen LogP contribution in [0.25, 0.3) is 0 Å². The molecule has 0 bridgehead atoms. The number of benzene rings is 1. The van der Waals surface area contributed by atoms with E-state index in [0.29, 0.717) is 22.1 Å². The van der Waals surface area contributed by atoms with Crippen molar-refractivity contribution in [2.45, 2.75) is 25.3 Å². The van der Waals surface area contributed by atoms with Crippen LogP contribution in [0.1, 0.15) is 28.9 Å². The number of ether oxygens (including phenoxy) is 2. The molecule has 0 N–H and O–H groups in total. The minimum absolute atomic E-state index is 0.0558. The smallest absolute Gasteiger partial charge is 0.254 e. The van der Waals surface area contributed by atoms with Crippen LogP contribution in [-0.2, 0) is 6.42 Å². The third-order valence-corrected chi connectivity index (χ3v) is 5.80. The first-order chi connectivity index (χ1) is 14.0. The van der Waals surface area contributed by atoms with Crippen LogP contribution in [0.2, 0.25) is 5.02 Å². The lowest BCUT2D eigenvalue weighted by Crippen LogP contribution is -2.46. The number of hydrogen-bond acceptors (Lipinski definition) is 5. The van der Waals surface area contributed by atoms with Crippen molar-refractivity contribution in [1.29, 1.82) is 0 Å². The van der Waals surface area contributed by atoms with Crippen molar-refractivity contribution in [2.75, 3.05) is 40.9 Å². The summed E-state index contributed by atoms with van der Waals surface area (Å²) in [6.07, 6.45) is 4.68. The number of carbonyl (C=O) groups excluding carboxylic acids is 1. The molecule has 1 aromatic carbocycles. The quantitative estimate of drug-likeness (QED) is 0.689. The molecule has 6 nitrogen and oxygen atoms in total. The van der Waals surface area contributed by atoms with Crippen molar-refractivity contribution in [2.24, 2.45) is 0 Å². The van der Waals surface area contributed by atoms with Gasteiger partial charge in [0, 0.05) is 56.6 Å². The lowest BCUT2D eigenvalue weighted by molar-refractivity contribution is 0.0643. The molecule has 1 aliphatic rings.